The van der Waals surface area contributed by atoms with E-state index in [1.165, 1.54) is 6.92 Å². The molecule has 0 saturated carbocycles. The van der Waals surface area contributed by atoms with Crippen molar-refractivity contribution in [3.63, 3.8) is 0 Å². The van der Waals surface area contributed by atoms with Gasteiger partial charge in [0.1, 0.15) is 3.92 Å². The van der Waals surface area contributed by atoms with E-state index in [2.05, 4.69) is 0 Å². The van der Waals surface area contributed by atoms with Crippen LogP contribution in [0.4, 0.5) is 0 Å². The number of carboxylic acid groups (broad SMARTS) is 1. The molecule has 0 radical (unpaired) electrons. The molecule has 0 aromatic rings. The summed E-state index contributed by atoms with van der Waals surface area (Å²) in [5.41, 5.74) is 0. The van der Waals surface area contributed by atoms with Crippen LogP contribution in [0.15, 0.2) is 0 Å². The standard InChI is InChI=1S/C4H7IO3/c1-2(6)3(5)4(7)8/h2-3,6H,1H3,(H,7,8)/t2-,3-/m1/s1. The van der Waals surface area contributed by atoms with E-state index in [0.29, 0.717) is 0 Å². The third-order valence-corrected chi connectivity index (χ3v) is 2.23. The molecule has 4 heteroatoms. The van der Waals surface area contributed by atoms with E-state index in [9.17, 15) is 4.79 Å². The normalized spacial score (nSPS) is 17.4. The molecule has 0 spiro atoms. The molecular formula is C4H7IO3. The zero-order valence-corrected chi connectivity index (χ0v) is 6.49. The number of rotatable bonds is 2. The monoisotopic (exact) mass is 230 g/mol. The molecule has 2 atom stereocenters. The van der Waals surface area contributed by atoms with E-state index in [1.807, 2.05) is 0 Å². The van der Waals surface area contributed by atoms with Gasteiger partial charge < -0.3 is 10.2 Å². The van der Waals surface area contributed by atoms with E-state index in [1.54, 1.807) is 22.6 Å². The molecule has 0 fully saturated rings. The highest BCUT2D eigenvalue weighted by Crippen LogP contribution is 2.04. The van der Waals surface area contributed by atoms with Crippen LogP contribution < -0.4 is 0 Å². The van der Waals surface area contributed by atoms with Gasteiger partial charge in [-0.2, -0.15) is 0 Å². The van der Waals surface area contributed by atoms with Gasteiger partial charge in [0.25, 0.3) is 0 Å². The van der Waals surface area contributed by atoms with Crippen molar-refractivity contribution in [2.75, 3.05) is 0 Å². The SMILES string of the molecule is C[C@@H](O)[C@@H](I)C(=O)O. The number of carboxylic acids is 1. The van der Waals surface area contributed by atoms with Crippen LogP contribution in [0.5, 0.6) is 0 Å². The summed E-state index contributed by atoms with van der Waals surface area (Å²) in [7, 11) is 0. The second-order valence-electron chi connectivity index (χ2n) is 1.48. The van der Waals surface area contributed by atoms with Crippen LogP contribution in [0.3, 0.4) is 0 Å². The molecule has 0 unspecified atom stereocenters. The zero-order valence-electron chi connectivity index (χ0n) is 4.34. The van der Waals surface area contributed by atoms with Crippen molar-refractivity contribution in [1.82, 2.24) is 0 Å². The lowest BCUT2D eigenvalue weighted by Gasteiger charge is -2.04. The third kappa shape index (κ3) is 2.46. The summed E-state index contributed by atoms with van der Waals surface area (Å²) in [6, 6.07) is 0. The number of aliphatic hydroxyl groups excluding tert-OH is 1. The van der Waals surface area contributed by atoms with Crippen LogP contribution in [-0.2, 0) is 4.79 Å². The summed E-state index contributed by atoms with van der Waals surface area (Å²) in [5.74, 6) is -0.972. The Balaban J connectivity index is 3.64. The highest BCUT2D eigenvalue weighted by molar-refractivity contribution is 14.1. The van der Waals surface area contributed by atoms with Gasteiger partial charge >= 0.3 is 5.97 Å². The molecule has 2 N–H and O–H groups in total. The molecule has 0 amide bonds. The summed E-state index contributed by atoms with van der Waals surface area (Å²) >= 11 is 1.67. The summed E-state index contributed by atoms with van der Waals surface area (Å²) in [4.78, 5) is 9.97. The van der Waals surface area contributed by atoms with Gasteiger partial charge in [-0.25, -0.2) is 0 Å². The molecule has 0 aromatic heterocycles. The van der Waals surface area contributed by atoms with Crippen molar-refractivity contribution in [2.24, 2.45) is 0 Å². The first kappa shape index (κ1) is 8.16. The molecule has 0 bridgehead atoms. The summed E-state index contributed by atoms with van der Waals surface area (Å²) in [6.07, 6.45) is -0.770. The number of halogens is 1. The fourth-order valence-corrected chi connectivity index (χ4v) is 0.206. The van der Waals surface area contributed by atoms with Crippen molar-refractivity contribution in [3.05, 3.63) is 0 Å². The third-order valence-electron chi connectivity index (χ3n) is 0.659. The predicted octanol–water partition coefficient (Wildman–Crippen LogP) is 0.255. The number of aliphatic hydroxyl groups is 1. The first-order valence-corrected chi connectivity index (χ1v) is 3.35. The van der Waals surface area contributed by atoms with Gasteiger partial charge in [0, 0.05) is 0 Å². The summed E-state index contributed by atoms with van der Waals surface area (Å²) < 4.78 is -0.687. The lowest BCUT2D eigenvalue weighted by molar-refractivity contribution is -0.137. The van der Waals surface area contributed by atoms with Crippen molar-refractivity contribution in [1.29, 1.82) is 0 Å². The topological polar surface area (TPSA) is 57.5 Å². The van der Waals surface area contributed by atoms with Gasteiger partial charge in [-0.1, -0.05) is 22.6 Å². The molecule has 0 saturated heterocycles. The van der Waals surface area contributed by atoms with Crippen molar-refractivity contribution in [3.8, 4) is 0 Å². The maximum absolute atomic E-state index is 9.97. The fraction of sp³-hybridized carbons (Fsp3) is 0.750. The highest BCUT2D eigenvalue weighted by Gasteiger charge is 2.17. The van der Waals surface area contributed by atoms with Crippen molar-refractivity contribution in [2.45, 2.75) is 17.0 Å². The maximum Gasteiger partial charge on any atom is 0.319 e. The number of aliphatic carboxylic acids is 1. The molecule has 8 heavy (non-hydrogen) atoms. The van der Waals surface area contributed by atoms with Crippen LogP contribution in [-0.4, -0.2) is 26.2 Å². The van der Waals surface area contributed by atoms with E-state index < -0.39 is 16.0 Å². The van der Waals surface area contributed by atoms with Gasteiger partial charge in [0.15, 0.2) is 0 Å². The Labute approximate surface area is 60.8 Å². The van der Waals surface area contributed by atoms with Crippen LogP contribution >= 0.6 is 22.6 Å². The molecule has 48 valence electrons. The quantitative estimate of drug-likeness (QED) is 0.528. The van der Waals surface area contributed by atoms with E-state index in [0.717, 1.165) is 0 Å². The lowest BCUT2D eigenvalue weighted by Crippen LogP contribution is -2.24. The Kier molecular flexibility index (Phi) is 3.30. The fourth-order valence-electron chi connectivity index (χ4n) is 0.206. The number of alkyl halides is 1. The molecule has 3 nitrogen and oxygen atoms in total. The van der Waals surface area contributed by atoms with Gasteiger partial charge in [0.05, 0.1) is 6.10 Å². The lowest BCUT2D eigenvalue weighted by atomic mass is 10.3. The van der Waals surface area contributed by atoms with Crippen LogP contribution in [0.1, 0.15) is 6.92 Å². The highest BCUT2D eigenvalue weighted by atomic mass is 127. The number of hydrogen-bond acceptors (Lipinski definition) is 2. The molecule has 0 aliphatic carbocycles. The average molecular weight is 230 g/mol. The second kappa shape index (κ2) is 3.24. The van der Waals surface area contributed by atoms with Gasteiger partial charge in [0.2, 0.25) is 0 Å². The van der Waals surface area contributed by atoms with E-state index in [4.69, 9.17) is 10.2 Å². The summed E-state index contributed by atoms with van der Waals surface area (Å²) in [6.45, 7) is 1.45. The molecule has 0 heterocycles. The zero-order chi connectivity index (χ0) is 6.73. The first-order chi connectivity index (χ1) is 3.55. The first-order valence-electron chi connectivity index (χ1n) is 2.10. The van der Waals surface area contributed by atoms with Gasteiger partial charge in [-0.15, -0.1) is 0 Å². The van der Waals surface area contributed by atoms with Crippen molar-refractivity contribution >= 4 is 28.6 Å². The molecule has 0 aromatic carbocycles. The maximum atomic E-state index is 9.97. The molecule has 0 aliphatic rings. The Morgan fingerprint density at radius 2 is 2.12 bits per heavy atom. The van der Waals surface area contributed by atoms with Crippen LogP contribution in [0.2, 0.25) is 0 Å². The van der Waals surface area contributed by atoms with Gasteiger partial charge in [-0.3, -0.25) is 4.79 Å². The van der Waals surface area contributed by atoms with Crippen LogP contribution in [0, 0.1) is 0 Å². The van der Waals surface area contributed by atoms with Gasteiger partial charge in [-0.05, 0) is 6.92 Å². The Morgan fingerprint density at radius 3 is 2.12 bits per heavy atom. The van der Waals surface area contributed by atoms with E-state index in [-0.39, 0.29) is 0 Å². The predicted molar refractivity (Wildman–Crippen MR) is 37.1 cm³/mol. The number of hydrogen-bond donors (Lipinski definition) is 2. The number of carbonyl (C=O) groups is 1. The minimum Gasteiger partial charge on any atom is -0.480 e. The average Bonchev–Trinajstić information content (AvgIpc) is 1.64. The smallest absolute Gasteiger partial charge is 0.319 e. The molecule has 0 rings (SSSR count). The Bertz CT molecular complexity index is 91.3. The van der Waals surface area contributed by atoms with Crippen molar-refractivity contribution < 1.29 is 15.0 Å². The minimum atomic E-state index is -0.972. The minimum absolute atomic E-state index is 0.687. The Morgan fingerprint density at radius 1 is 1.75 bits per heavy atom. The molecular weight excluding hydrogens is 223 g/mol. The second-order valence-corrected chi connectivity index (χ2v) is 2.82. The largest absolute Gasteiger partial charge is 0.480 e. The summed E-state index contributed by atoms with van der Waals surface area (Å²) in [5, 5.41) is 16.8. The van der Waals surface area contributed by atoms with E-state index >= 15 is 0 Å². The Hall–Kier alpha value is 0.160. The van der Waals surface area contributed by atoms with Crippen LogP contribution in [0.25, 0.3) is 0 Å². The molecule has 0 aliphatic heterocycles.